The largest absolute Gasteiger partial charge is 0.611 e. The number of aldehydes is 1. The van der Waals surface area contributed by atoms with Gasteiger partial charge in [-0.3, -0.25) is 4.79 Å². The first-order valence-electron chi connectivity index (χ1n) is 4.71. The summed E-state index contributed by atoms with van der Waals surface area (Å²) in [6.45, 7) is 2.08. The van der Waals surface area contributed by atoms with Crippen molar-refractivity contribution in [2.75, 3.05) is 5.75 Å². The number of carbonyl (C=O) groups is 1. The Bertz CT molecular complexity index is 282. The molecule has 2 nitrogen and oxygen atoms in total. The van der Waals surface area contributed by atoms with E-state index in [0.29, 0.717) is 11.3 Å². The topological polar surface area (TPSA) is 40.1 Å². The first kappa shape index (κ1) is 11.3. The van der Waals surface area contributed by atoms with Gasteiger partial charge in [0, 0.05) is 5.56 Å². The molecule has 0 spiro atoms. The monoisotopic (exact) mass is 210 g/mol. The smallest absolute Gasteiger partial charge is 0.152 e. The molecule has 0 aromatic heterocycles. The van der Waals surface area contributed by atoms with Crippen molar-refractivity contribution < 1.29 is 9.35 Å². The van der Waals surface area contributed by atoms with Gasteiger partial charge < -0.3 is 4.55 Å². The predicted molar refractivity (Wildman–Crippen MR) is 58.0 cm³/mol. The van der Waals surface area contributed by atoms with Gasteiger partial charge in [0.15, 0.2) is 4.90 Å². The lowest BCUT2D eigenvalue weighted by molar-refractivity contribution is 0.112. The Morgan fingerprint density at radius 3 is 2.50 bits per heavy atom. The van der Waals surface area contributed by atoms with Gasteiger partial charge in [-0.1, -0.05) is 13.3 Å². The summed E-state index contributed by atoms with van der Waals surface area (Å²) in [5, 5.41) is 0. The molecule has 0 aliphatic heterocycles. The highest BCUT2D eigenvalue weighted by Gasteiger charge is 2.08. The average molecular weight is 210 g/mol. The highest BCUT2D eigenvalue weighted by molar-refractivity contribution is 7.91. The molecule has 0 aliphatic carbocycles. The van der Waals surface area contributed by atoms with Gasteiger partial charge in [0.1, 0.15) is 12.0 Å². The molecule has 1 atom stereocenters. The van der Waals surface area contributed by atoms with Crippen LogP contribution in [0.25, 0.3) is 0 Å². The van der Waals surface area contributed by atoms with Gasteiger partial charge in [-0.25, -0.2) is 0 Å². The fourth-order valence-electron chi connectivity index (χ4n) is 1.09. The second-order valence-corrected chi connectivity index (χ2v) is 4.66. The van der Waals surface area contributed by atoms with E-state index in [-0.39, 0.29) is 0 Å². The fourth-order valence-corrected chi connectivity index (χ4v) is 2.32. The first-order chi connectivity index (χ1) is 6.77. The number of rotatable bonds is 5. The lowest BCUT2D eigenvalue weighted by Gasteiger charge is -2.09. The Kier molecular flexibility index (Phi) is 4.70. The predicted octanol–water partition coefficient (Wildman–Crippen LogP) is 2.41. The Morgan fingerprint density at radius 2 is 2.00 bits per heavy atom. The second-order valence-electron chi connectivity index (χ2n) is 3.09. The maximum atomic E-state index is 11.6. The van der Waals surface area contributed by atoms with Crippen LogP contribution in [0.4, 0.5) is 0 Å². The highest BCUT2D eigenvalue weighted by Crippen LogP contribution is 2.13. The number of unbranched alkanes of at least 4 members (excludes halogenated alkanes) is 1. The van der Waals surface area contributed by atoms with E-state index in [2.05, 4.69) is 6.92 Å². The van der Waals surface area contributed by atoms with Crippen LogP contribution in [0.1, 0.15) is 30.1 Å². The molecule has 0 heterocycles. The Hall–Kier alpha value is -0.800. The van der Waals surface area contributed by atoms with Crippen LogP contribution in [0, 0.1) is 0 Å². The average Bonchev–Trinajstić information content (AvgIpc) is 2.26. The van der Waals surface area contributed by atoms with Crippen LogP contribution in [-0.2, 0) is 11.2 Å². The quantitative estimate of drug-likeness (QED) is 0.553. The van der Waals surface area contributed by atoms with Gasteiger partial charge in [-0.15, -0.1) is 0 Å². The molecule has 1 rings (SSSR count). The molecule has 0 amide bonds. The van der Waals surface area contributed by atoms with E-state index in [9.17, 15) is 9.35 Å². The third-order valence-corrected chi connectivity index (χ3v) is 3.42. The van der Waals surface area contributed by atoms with E-state index in [0.717, 1.165) is 24.0 Å². The van der Waals surface area contributed by atoms with Crippen LogP contribution < -0.4 is 0 Å². The molecule has 0 N–H and O–H groups in total. The molecular weight excluding hydrogens is 196 g/mol. The minimum Gasteiger partial charge on any atom is -0.611 e. The van der Waals surface area contributed by atoms with Crippen LogP contribution in [0.2, 0.25) is 0 Å². The summed E-state index contributed by atoms with van der Waals surface area (Å²) in [6, 6.07) is 6.92. The molecule has 1 unspecified atom stereocenters. The van der Waals surface area contributed by atoms with Crippen molar-refractivity contribution in [1.29, 1.82) is 0 Å². The molecule has 0 bridgehead atoms. The van der Waals surface area contributed by atoms with E-state index in [1.165, 1.54) is 0 Å². The Labute approximate surface area is 87.5 Å². The van der Waals surface area contributed by atoms with Crippen molar-refractivity contribution >= 4 is 17.5 Å². The van der Waals surface area contributed by atoms with Gasteiger partial charge in [0.25, 0.3) is 0 Å². The SMILES string of the molecule is CCCC[S+]([O-])c1ccc(C=O)cc1. The summed E-state index contributed by atoms with van der Waals surface area (Å²) >= 11 is -0.909. The molecular formula is C11H14O2S. The van der Waals surface area contributed by atoms with Gasteiger partial charge in [0.05, 0.1) is 0 Å². The molecule has 0 saturated carbocycles. The molecule has 3 heteroatoms. The summed E-state index contributed by atoms with van der Waals surface area (Å²) in [5.41, 5.74) is 0.626. The zero-order valence-electron chi connectivity index (χ0n) is 8.23. The first-order valence-corrected chi connectivity index (χ1v) is 6.03. The number of carbonyl (C=O) groups excluding carboxylic acids is 1. The van der Waals surface area contributed by atoms with Gasteiger partial charge in [-0.2, -0.15) is 0 Å². The van der Waals surface area contributed by atoms with Crippen molar-refractivity contribution in [2.24, 2.45) is 0 Å². The molecule has 0 aliphatic rings. The van der Waals surface area contributed by atoms with Crippen molar-refractivity contribution in [3.63, 3.8) is 0 Å². The van der Waals surface area contributed by atoms with Gasteiger partial charge in [0.2, 0.25) is 0 Å². The minimum absolute atomic E-state index is 0.626. The summed E-state index contributed by atoms with van der Waals surface area (Å²) in [6.07, 6.45) is 2.82. The van der Waals surface area contributed by atoms with E-state index >= 15 is 0 Å². The number of hydrogen-bond donors (Lipinski definition) is 0. The maximum absolute atomic E-state index is 11.6. The van der Waals surface area contributed by atoms with Crippen LogP contribution in [-0.4, -0.2) is 16.6 Å². The van der Waals surface area contributed by atoms with Crippen LogP contribution in [0.3, 0.4) is 0 Å². The molecule has 76 valence electrons. The van der Waals surface area contributed by atoms with E-state index < -0.39 is 11.2 Å². The maximum Gasteiger partial charge on any atom is 0.152 e. The summed E-state index contributed by atoms with van der Waals surface area (Å²) in [5.74, 6) is 0.705. The van der Waals surface area contributed by atoms with Crippen molar-refractivity contribution in [3.8, 4) is 0 Å². The highest BCUT2D eigenvalue weighted by atomic mass is 32.2. The zero-order valence-corrected chi connectivity index (χ0v) is 9.05. The molecule has 1 aromatic carbocycles. The third-order valence-electron chi connectivity index (χ3n) is 1.96. The lowest BCUT2D eigenvalue weighted by Crippen LogP contribution is -2.06. The number of benzene rings is 1. The normalized spacial score (nSPS) is 12.4. The summed E-state index contributed by atoms with van der Waals surface area (Å²) in [7, 11) is 0. The number of hydrogen-bond acceptors (Lipinski definition) is 2. The van der Waals surface area contributed by atoms with Gasteiger partial charge in [-0.05, 0) is 41.9 Å². The van der Waals surface area contributed by atoms with Crippen LogP contribution >= 0.6 is 0 Å². The van der Waals surface area contributed by atoms with Crippen molar-refractivity contribution in [2.45, 2.75) is 24.7 Å². The lowest BCUT2D eigenvalue weighted by atomic mass is 10.2. The standard InChI is InChI=1S/C11H14O2S/c1-2-3-8-14(13)11-6-4-10(9-12)5-7-11/h4-7,9H,2-3,8H2,1H3. The third kappa shape index (κ3) is 3.16. The molecule has 0 radical (unpaired) electrons. The second kappa shape index (κ2) is 5.83. The molecule has 0 saturated heterocycles. The Morgan fingerprint density at radius 1 is 1.36 bits per heavy atom. The van der Waals surface area contributed by atoms with Crippen molar-refractivity contribution in [1.82, 2.24) is 0 Å². The summed E-state index contributed by atoms with van der Waals surface area (Å²) in [4.78, 5) is 11.2. The summed E-state index contributed by atoms with van der Waals surface area (Å²) < 4.78 is 11.6. The van der Waals surface area contributed by atoms with E-state index in [1.807, 2.05) is 0 Å². The Balaban J connectivity index is 2.61. The van der Waals surface area contributed by atoms with E-state index in [4.69, 9.17) is 0 Å². The fraction of sp³-hybridized carbons (Fsp3) is 0.364. The van der Waals surface area contributed by atoms with Crippen LogP contribution in [0.15, 0.2) is 29.2 Å². The molecule has 0 fully saturated rings. The van der Waals surface area contributed by atoms with E-state index in [1.54, 1.807) is 24.3 Å². The zero-order chi connectivity index (χ0) is 10.4. The molecule has 1 aromatic rings. The van der Waals surface area contributed by atoms with Crippen molar-refractivity contribution in [3.05, 3.63) is 29.8 Å². The van der Waals surface area contributed by atoms with Crippen LogP contribution in [0.5, 0.6) is 0 Å². The molecule has 14 heavy (non-hydrogen) atoms. The van der Waals surface area contributed by atoms with Gasteiger partial charge >= 0.3 is 0 Å². The minimum atomic E-state index is -0.909.